The van der Waals surface area contributed by atoms with E-state index in [9.17, 15) is 19.8 Å². The molecule has 2 fully saturated rings. The number of phenolic OH excluding ortho intramolecular Hbond substituents is 1. The van der Waals surface area contributed by atoms with Crippen LogP contribution in [-0.4, -0.2) is 46.6 Å². The number of carbonyl (C=O) groups is 2. The molecule has 2 N–H and O–H groups in total. The molecular formula is C25H26ClNO6. The molecule has 1 unspecified atom stereocenters. The molecule has 0 aromatic heterocycles. The van der Waals surface area contributed by atoms with Crippen molar-refractivity contribution in [2.45, 2.75) is 44.7 Å². The van der Waals surface area contributed by atoms with Gasteiger partial charge in [0, 0.05) is 11.6 Å². The largest absolute Gasteiger partial charge is 0.507 e. The van der Waals surface area contributed by atoms with Gasteiger partial charge in [0.15, 0.2) is 11.5 Å². The lowest BCUT2D eigenvalue weighted by atomic mass is 9.94. The van der Waals surface area contributed by atoms with Gasteiger partial charge in [0.25, 0.3) is 11.7 Å². The Labute approximate surface area is 197 Å². The quantitative estimate of drug-likeness (QED) is 0.356. The number of aliphatic hydroxyl groups is 1. The van der Waals surface area contributed by atoms with Gasteiger partial charge in [-0.25, -0.2) is 0 Å². The first-order valence-corrected chi connectivity index (χ1v) is 11.3. The van der Waals surface area contributed by atoms with E-state index >= 15 is 0 Å². The fraction of sp³-hybridized carbons (Fsp3) is 0.360. The van der Waals surface area contributed by atoms with Crippen molar-refractivity contribution in [1.82, 2.24) is 4.90 Å². The lowest BCUT2D eigenvalue weighted by molar-refractivity contribution is -0.141. The first-order valence-electron chi connectivity index (χ1n) is 11.0. The van der Waals surface area contributed by atoms with Gasteiger partial charge in [-0.2, -0.15) is 0 Å². The van der Waals surface area contributed by atoms with Crippen LogP contribution in [0.15, 0.2) is 42.0 Å². The van der Waals surface area contributed by atoms with Gasteiger partial charge in [0.2, 0.25) is 0 Å². The van der Waals surface area contributed by atoms with E-state index in [0.29, 0.717) is 17.9 Å². The maximum absolute atomic E-state index is 13.2. The van der Waals surface area contributed by atoms with Crippen molar-refractivity contribution in [2.75, 3.05) is 13.7 Å². The highest BCUT2D eigenvalue weighted by atomic mass is 35.5. The lowest BCUT2D eigenvalue weighted by Gasteiger charge is -2.31. The Morgan fingerprint density at radius 3 is 2.52 bits per heavy atom. The second-order valence-corrected chi connectivity index (χ2v) is 8.56. The number of likely N-dealkylation sites (tertiary alicyclic amines) is 1. The third kappa shape index (κ3) is 4.13. The first-order chi connectivity index (χ1) is 15.9. The number of aromatic hydroxyl groups is 1. The van der Waals surface area contributed by atoms with Crippen LogP contribution in [0, 0.1) is 0 Å². The van der Waals surface area contributed by atoms with Crippen LogP contribution in [0.1, 0.15) is 49.8 Å². The summed E-state index contributed by atoms with van der Waals surface area (Å²) in [6, 6.07) is 8.50. The van der Waals surface area contributed by atoms with E-state index in [1.807, 2.05) is 6.92 Å². The highest BCUT2D eigenvalue weighted by molar-refractivity contribution is 6.47. The van der Waals surface area contributed by atoms with Crippen molar-refractivity contribution >= 4 is 29.1 Å². The molecule has 1 amide bonds. The van der Waals surface area contributed by atoms with Crippen molar-refractivity contribution in [2.24, 2.45) is 0 Å². The molecule has 2 aromatic rings. The van der Waals surface area contributed by atoms with Gasteiger partial charge < -0.3 is 24.6 Å². The van der Waals surface area contributed by atoms with Crippen LogP contribution in [0.5, 0.6) is 17.2 Å². The Bertz CT molecular complexity index is 1120. The number of aliphatic hydroxyl groups excluding tert-OH is 1. The first kappa shape index (κ1) is 23.0. The van der Waals surface area contributed by atoms with Gasteiger partial charge in [0.1, 0.15) is 11.5 Å². The predicted molar refractivity (Wildman–Crippen MR) is 124 cm³/mol. The Balaban J connectivity index is 1.91. The van der Waals surface area contributed by atoms with E-state index in [1.54, 1.807) is 35.2 Å². The molecule has 2 aromatic carbocycles. The topological polar surface area (TPSA) is 96.3 Å². The third-order valence-electron chi connectivity index (χ3n) is 6.22. The molecule has 7 nitrogen and oxygen atoms in total. The second-order valence-electron chi connectivity index (χ2n) is 8.15. The maximum Gasteiger partial charge on any atom is 0.295 e. The summed E-state index contributed by atoms with van der Waals surface area (Å²) >= 11 is 6.36. The van der Waals surface area contributed by atoms with Gasteiger partial charge >= 0.3 is 0 Å². The molecule has 174 valence electrons. The third-order valence-corrected chi connectivity index (χ3v) is 6.55. The number of rotatable bonds is 6. The smallest absolute Gasteiger partial charge is 0.295 e. The molecule has 4 rings (SSSR count). The molecule has 33 heavy (non-hydrogen) atoms. The number of amides is 1. The zero-order chi connectivity index (χ0) is 23.7. The van der Waals surface area contributed by atoms with Crippen LogP contribution in [-0.2, 0) is 9.59 Å². The van der Waals surface area contributed by atoms with E-state index in [0.717, 1.165) is 25.7 Å². The van der Waals surface area contributed by atoms with Gasteiger partial charge in [-0.3, -0.25) is 9.59 Å². The van der Waals surface area contributed by atoms with Gasteiger partial charge in [0.05, 0.1) is 30.4 Å². The number of carbonyl (C=O) groups excluding carboxylic acids is 2. The summed E-state index contributed by atoms with van der Waals surface area (Å²) in [6.45, 7) is 2.25. The highest BCUT2D eigenvalue weighted by Gasteiger charge is 2.49. The zero-order valence-corrected chi connectivity index (χ0v) is 19.3. The summed E-state index contributed by atoms with van der Waals surface area (Å²) in [7, 11) is 1.44. The normalized spacial score (nSPS) is 20.5. The Kier molecular flexibility index (Phi) is 6.51. The van der Waals surface area contributed by atoms with Crippen molar-refractivity contribution < 1.29 is 29.3 Å². The summed E-state index contributed by atoms with van der Waals surface area (Å²) in [6.07, 6.45) is 3.45. The van der Waals surface area contributed by atoms with Gasteiger partial charge in [-0.1, -0.05) is 30.5 Å². The molecule has 0 bridgehead atoms. The molecule has 1 saturated heterocycles. The second kappa shape index (κ2) is 9.35. The molecular weight excluding hydrogens is 446 g/mol. The number of halogens is 1. The monoisotopic (exact) mass is 471 g/mol. The Hall–Kier alpha value is -3.19. The molecule has 1 atom stereocenters. The predicted octanol–water partition coefficient (Wildman–Crippen LogP) is 4.82. The number of hydrogen-bond donors (Lipinski definition) is 2. The molecule has 1 aliphatic carbocycles. The maximum atomic E-state index is 13.2. The Morgan fingerprint density at radius 2 is 1.88 bits per heavy atom. The number of benzene rings is 2. The molecule has 1 aliphatic heterocycles. The van der Waals surface area contributed by atoms with Gasteiger partial charge in [-0.05, 0) is 55.7 Å². The number of hydrogen-bond acceptors (Lipinski definition) is 6. The van der Waals surface area contributed by atoms with Crippen molar-refractivity contribution in [3.8, 4) is 17.2 Å². The van der Waals surface area contributed by atoms with E-state index in [1.165, 1.54) is 13.2 Å². The van der Waals surface area contributed by atoms with Crippen LogP contribution >= 0.6 is 11.6 Å². The minimum atomic E-state index is -0.864. The average molecular weight is 472 g/mol. The molecule has 2 aliphatic rings. The lowest BCUT2D eigenvalue weighted by Crippen LogP contribution is -2.37. The van der Waals surface area contributed by atoms with Crippen molar-refractivity contribution in [3.05, 3.63) is 58.1 Å². The molecule has 0 radical (unpaired) electrons. The number of Topliss-reactive ketones (excluding diaryl/α,β-unsaturated/α-hetero) is 1. The van der Waals surface area contributed by atoms with E-state index in [2.05, 4.69) is 0 Å². The number of ether oxygens (including phenoxy) is 2. The molecule has 1 saturated carbocycles. The van der Waals surface area contributed by atoms with Crippen LogP contribution in [0.4, 0.5) is 0 Å². The average Bonchev–Trinajstić information content (AvgIpc) is 3.41. The van der Waals surface area contributed by atoms with Crippen molar-refractivity contribution in [3.63, 3.8) is 0 Å². The minimum absolute atomic E-state index is 0.0629. The van der Waals surface area contributed by atoms with Gasteiger partial charge in [-0.15, -0.1) is 0 Å². The molecule has 8 heteroatoms. The number of methoxy groups -OCH3 is 1. The molecule has 0 spiro atoms. The molecule has 1 heterocycles. The van der Waals surface area contributed by atoms with E-state index < -0.39 is 17.7 Å². The van der Waals surface area contributed by atoms with Crippen molar-refractivity contribution in [1.29, 1.82) is 0 Å². The summed E-state index contributed by atoms with van der Waals surface area (Å²) in [5, 5.41) is 21.9. The SMILES string of the molecule is CCOc1ccc(Cl)c(/C(O)=C2\C(=O)C(=O)N(C3CCCC3)C2c2ccc(OC)c(O)c2)c1. The Morgan fingerprint density at radius 1 is 1.15 bits per heavy atom. The number of phenols is 1. The summed E-state index contributed by atoms with van der Waals surface area (Å²) in [4.78, 5) is 27.9. The summed E-state index contributed by atoms with van der Waals surface area (Å²) < 4.78 is 10.7. The van der Waals surface area contributed by atoms with Crippen LogP contribution < -0.4 is 9.47 Å². The summed E-state index contributed by atoms with van der Waals surface area (Å²) in [5.74, 6) is -1.20. The fourth-order valence-electron chi connectivity index (χ4n) is 4.70. The highest BCUT2D eigenvalue weighted by Crippen LogP contribution is 2.45. The van der Waals surface area contributed by atoms with E-state index in [4.69, 9.17) is 21.1 Å². The minimum Gasteiger partial charge on any atom is -0.507 e. The zero-order valence-electron chi connectivity index (χ0n) is 18.5. The number of ketones is 1. The summed E-state index contributed by atoms with van der Waals surface area (Å²) in [5.41, 5.74) is 0.639. The fourth-order valence-corrected chi connectivity index (χ4v) is 4.91. The van der Waals surface area contributed by atoms with Crippen LogP contribution in [0.2, 0.25) is 5.02 Å². The van der Waals surface area contributed by atoms with Crippen LogP contribution in [0.25, 0.3) is 5.76 Å². The standard InChI is InChI=1S/C25H26ClNO6/c1-3-33-16-9-10-18(26)17(13-16)23(29)21-22(14-8-11-20(32-2)19(28)12-14)27(25(31)24(21)30)15-6-4-5-7-15/h8-13,15,22,28-29H,3-7H2,1-2H3/b23-21+. The number of nitrogens with zero attached hydrogens (tertiary/aromatic N) is 1. The van der Waals surface area contributed by atoms with Crippen LogP contribution in [0.3, 0.4) is 0 Å². The van der Waals surface area contributed by atoms with E-state index in [-0.39, 0.29) is 39.5 Å².